The maximum atomic E-state index is 10.2. The Morgan fingerprint density at radius 3 is 2.82 bits per heavy atom. The minimum atomic E-state index is -0.745. The van der Waals surface area contributed by atoms with Gasteiger partial charge in [-0.15, -0.1) is 23.4 Å². The third-order valence-electron chi connectivity index (χ3n) is 1.79. The van der Waals surface area contributed by atoms with E-state index in [9.17, 15) is 4.79 Å². The van der Waals surface area contributed by atoms with E-state index in [1.54, 1.807) is 0 Å². The Hall–Kier alpha value is 0.110. The number of thioether (sulfide) groups is 1. The van der Waals surface area contributed by atoms with E-state index >= 15 is 0 Å². The molecular formula is C7H11ClO2S. The summed E-state index contributed by atoms with van der Waals surface area (Å²) in [5.41, 5.74) is 0. The number of alkyl halides is 1. The highest BCUT2D eigenvalue weighted by molar-refractivity contribution is 8.00. The summed E-state index contributed by atoms with van der Waals surface area (Å²) in [5, 5.41) is 8.96. The van der Waals surface area contributed by atoms with Crippen LogP contribution in [0.5, 0.6) is 0 Å². The van der Waals surface area contributed by atoms with Gasteiger partial charge in [0.1, 0.15) is 0 Å². The second-order valence-corrected chi connectivity index (χ2v) is 4.48. The van der Waals surface area contributed by atoms with Crippen LogP contribution < -0.4 is 0 Å². The van der Waals surface area contributed by atoms with Crippen molar-refractivity contribution in [3.8, 4) is 0 Å². The average molecular weight is 195 g/mol. The van der Waals surface area contributed by atoms with Gasteiger partial charge in [-0.2, -0.15) is 0 Å². The van der Waals surface area contributed by atoms with Crippen molar-refractivity contribution in [1.82, 2.24) is 0 Å². The molecule has 2 atom stereocenters. The summed E-state index contributed by atoms with van der Waals surface area (Å²) in [5.74, 6) is -0.556. The lowest BCUT2D eigenvalue weighted by Crippen LogP contribution is -2.12. The SMILES string of the molecule is O=C(O)CSC1CCCC1Cl. The molecule has 0 aromatic heterocycles. The van der Waals surface area contributed by atoms with Gasteiger partial charge >= 0.3 is 5.97 Å². The van der Waals surface area contributed by atoms with Crippen LogP contribution in [0.2, 0.25) is 0 Å². The first-order chi connectivity index (χ1) is 5.20. The number of hydrogen-bond donors (Lipinski definition) is 1. The van der Waals surface area contributed by atoms with Gasteiger partial charge in [0, 0.05) is 10.6 Å². The first-order valence-electron chi connectivity index (χ1n) is 3.67. The third-order valence-corrected chi connectivity index (χ3v) is 3.87. The van der Waals surface area contributed by atoms with Crippen molar-refractivity contribution in [3.63, 3.8) is 0 Å². The molecule has 1 aliphatic carbocycles. The molecule has 0 aliphatic heterocycles. The Bertz CT molecular complexity index is 151. The third kappa shape index (κ3) is 2.91. The van der Waals surface area contributed by atoms with Gasteiger partial charge in [-0.25, -0.2) is 0 Å². The van der Waals surface area contributed by atoms with Crippen LogP contribution in [0, 0.1) is 0 Å². The van der Waals surface area contributed by atoms with Crippen LogP contribution >= 0.6 is 23.4 Å². The summed E-state index contributed by atoms with van der Waals surface area (Å²) in [4.78, 5) is 10.2. The lowest BCUT2D eigenvalue weighted by molar-refractivity contribution is -0.133. The molecular weight excluding hydrogens is 184 g/mol. The van der Waals surface area contributed by atoms with Crippen molar-refractivity contribution in [1.29, 1.82) is 0 Å². The molecule has 2 nitrogen and oxygen atoms in total. The summed E-state index contributed by atoms with van der Waals surface area (Å²) in [6.45, 7) is 0. The number of hydrogen-bond acceptors (Lipinski definition) is 2. The fraction of sp³-hybridized carbons (Fsp3) is 0.857. The summed E-state index contributed by atoms with van der Waals surface area (Å²) >= 11 is 7.42. The quantitative estimate of drug-likeness (QED) is 0.698. The van der Waals surface area contributed by atoms with Crippen LogP contribution in [0.25, 0.3) is 0 Å². The predicted octanol–water partition coefficient (Wildman–Crippen LogP) is 1.96. The van der Waals surface area contributed by atoms with Gasteiger partial charge in [-0.3, -0.25) is 4.79 Å². The van der Waals surface area contributed by atoms with Crippen LogP contribution in [0.15, 0.2) is 0 Å². The van der Waals surface area contributed by atoms with Crippen molar-refractivity contribution >= 4 is 29.3 Å². The lowest BCUT2D eigenvalue weighted by atomic mass is 10.4. The van der Waals surface area contributed by atoms with E-state index in [-0.39, 0.29) is 11.1 Å². The van der Waals surface area contributed by atoms with E-state index in [4.69, 9.17) is 16.7 Å². The van der Waals surface area contributed by atoms with Crippen molar-refractivity contribution < 1.29 is 9.90 Å². The molecule has 64 valence electrons. The van der Waals surface area contributed by atoms with Gasteiger partial charge in [0.2, 0.25) is 0 Å². The summed E-state index contributed by atoms with van der Waals surface area (Å²) in [6, 6.07) is 0. The molecule has 0 saturated heterocycles. The summed E-state index contributed by atoms with van der Waals surface area (Å²) in [7, 11) is 0. The lowest BCUT2D eigenvalue weighted by Gasteiger charge is -2.10. The van der Waals surface area contributed by atoms with E-state index in [0.717, 1.165) is 19.3 Å². The normalized spacial score (nSPS) is 30.6. The van der Waals surface area contributed by atoms with Gasteiger partial charge < -0.3 is 5.11 Å². The summed E-state index contributed by atoms with van der Waals surface area (Å²) in [6.07, 6.45) is 3.26. The van der Waals surface area contributed by atoms with Crippen molar-refractivity contribution in [2.75, 3.05) is 5.75 Å². The van der Waals surface area contributed by atoms with Crippen LogP contribution in [-0.4, -0.2) is 27.5 Å². The van der Waals surface area contributed by atoms with Gasteiger partial charge in [-0.1, -0.05) is 6.42 Å². The van der Waals surface area contributed by atoms with Crippen LogP contribution in [0.4, 0.5) is 0 Å². The van der Waals surface area contributed by atoms with Crippen molar-refractivity contribution in [2.24, 2.45) is 0 Å². The van der Waals surface area contributed by atoms with E-state index in [1.165, 1.54) is 11.8 Å². The number of rotatable bonds is 3. The zero-order valence-electron chi connectivity index (χ0n) is 6.12. The Morgan fingerprint density at radius 1 is 1.64 bits per heavy atom. The minimum absolute atomic E-state index is 0.188. The molecule has 0 heterocycles. The zero-order chi connectivity index (χ0) is 8.27. The molecule has 1 fully saturated rings. The largest absolute Gasteiger partial charge is 0.481 e. The molecule has 1 N–H and O–H groups in total. The monoisotopic (exact) mass is 194 g/mol. The molecule has 2 unspecified atom stereocenters. The number of aliphatic carboxylic acids is 1. The maximum Gasteiger partial charge on any atom is 0.313 e. The number of halogens is 1. The molecule has 0 spiro atoms. The molecule has 0 bridgehead atoms. The molecule has 1 rings (SSSR count). The predicted molar refractivity (Wildman–Crippen MR) is 47.4 cm³/mol. The van der Waals surface area contributed by atoms with Crippen LogP contribution in [0.3, 0.4) is 0 Å². The zero-order valence-corrected chi connectivity index (χ0v) is 7.70. The van der Waals surface area contributed by atoms with E-state index in [0.29, 0.717) is 5.25 Å². The fourth-order valence-electron chi connectivity index (χ4n) is 1.25. The highest BCUT2D eigenvalue weighted by Crippen LogP contribution is 2.33. The number of carbonyl (C=O) groups is 1. The Morgan fingerprint density at radius 2 is 2.36 bits per heavy atom. The van der Waals surface area contributed by atoms with Crippen LogP contribution in [0.1, 0.15) is 19.3 Å². The second kappa shape index (κ2) is 4.21. The van der Waals surface area contributed by atoms with Gasteiger partial charge in [0.05, 0.1) is 5.75 Å². The molecule has 1 saturated carbocycles. The Kier molecular flexibility index (Phi) is 3.52. The second-order valence-electron chi connectivity index (χ2n) is 2.69. The molecule has 0 aromatic carbocycles. The highest BCUT2D eigenvalue weighted by Gasteiger charge is 2.25. The average Bonchev–Trinajstić information content (AvgIpc) is 2.31. The molecule has 1 aliphatic rings. The molecule has 0 aromatic rings. The smallest absolute Gasteiger partial charge is 0.313 e. The Labute approximate surface area is 75.3 Å². The minimum Gasteiger partial charge on any atom is -0.481 e. The van der Waals surface area contributed by atoms with E-state index < -0.39 is 5.97 Å². The Balaban J connectivity index is 2.20. The van der Waals surface area contributed by atoms with Crippen molar-refractivity contribution in [2.45, 2.75) is 29.9 Å². The fourth-order valence-corrected chi connectivity index (χ4v) is 2.78. The van der Waals surface area contributed by atoms with Crippen LogP contribution in [-0.2, 0) is 4.79 Å². The summed E-state index contributed by atoms with van der Waals surface area (Å²) < 4.78 is 0. The highest BCUT2D eigenvalue weighted by atomic mass is 35.5. The van der Waals surface area contributed by atoms with Crippen molar-refractivity contribution in [3.05, 3.63) is 0 Å². The maximum absolute atomic E-state index is 10.2. The molecule has 0 amide bonds. The molecule has 0 radical (unpaired) electrons. The van der Waals surface area contributed by atoms with E-state index in [1.807, 2.05) is 0 Å². The number of carboxylic acids is 1. The van der Waals surface area contributed by atoms with Gasteiger partial charge in [-0.05, 0) is 12.8 Å². The van der Waals surface area contributed by atoms with Gasteiger partial charge in [0.15, 0.2) is 0 Å². The van der Waals surface area contributed by atoms with E-state index in [2.05, 4.69) is 0 Å². The molecule has 4 heteroatoms. The number of carboxylic acid groups (broad SMARTS) is 1. The molecule has 11 heavy (non-hydrogen) atoms. The topological polar surface area (TPSA) is 37.3 Å². The standard InChI is InChI=1S/C7H11ClO2S/c8-5-2-1-3-6(5)11-4-7(9)10/h5-6H,1-4H2,(H,9,10). The van der Waals surface area contributed by atoms with Gasteiger partial charge in [0.25, 0.3) is 0 Å². The first kappa shape index (κ1) is 9.20. The first-order valence-corrected chi connectivity index (χ1v) is 5.16.